The molecule has 0 bridgehead atoms. The Labute approximate surface area is 111 Å². The molecule has 2 aromatic heterocycles. The number of pyridine rings is 1. The predicted molar refractivity (Wildman–Crippen MR) is 76.6 cm³/mol. The zero-order chi connectivity index (χ0) is 13.2. The van der Waals surface area contributed by atoms with Crippen LogP contribution in [-0.4, -0.2) is 15.0 Å². The van der Waals surface area contributed by atoms with Gasteiger partial charge in [-0.1, -0.05) is 18.7 Å². The summed E-state index contributed by atoms with van der Waals surface area (Å²) < 4.78 is 0. The minimum atomic E-state index is 0.939. The average molecular weight is 247 g/mol. The van der Waals surface area contributed by atoms with Crippen LogP contribution in [0.25, 0.3) is 16.5 Å². The van der Waals surface area contributed by atoms with Gasteiger partial charge in [0.1, 0.15) is 6.33 Å². The molecule has 0 saturated carbocycles. The summed E-state index contributed by atoms with van der Waals surface area (Å²) >= 11 is 0. The van der Waals surface area contributed by atoms with Gasteiger partial charge in [-0.15, -0.1) is 0 Å². The van der Waals surface area contributed by atoms with Crippen molar-refractivity contribution < 1.29 is 0 Å². The SMILES string of the molecule is C=C(c1ccc2ncncc2c1)c1cccnc1C. The first kappa shape index (κ1) is 11.5. The van der Waals surface area contributed by atoms with Crippen molar-refractivity contribution >= 4 is 16.5 Å². The van der Waals surface area contributed by atoms with Crippen LogP contribution in [0, 0.1) is 6.92 Å². The van der Waals surface area contributed by atoms with Crippen molar-refractivity contribution in [2.24, 2.45) is 0 Å². The van der Waals surface area contributed by atoms with E-state index in [1.807, 2.05) is 37.4 Å². The fraction of sp³-hybridized carbons (Fsp3) is 0.0625. The van der Waals surface area contributed by atoms with E-state index in [2.05, 4.69) is 27.6 Å². The van der Waals surface area contributed by atoms with Gasteiger partial charge in [0.25, 0.3) is 0 Å². The van der Waals surface area contributed by atoms with Gasteiger partial charge in [0.2, 0.25) is 0 Å². The van der Waals surface area contributed by atoms with Crippen LogP contribution in [-0.2, 0) is 0 Å². The Bertz CT molecular complexity index is 763. The molecule has 0 spiro atoms. The van der Waals surface area contributed by atoms with Crippen LogP contribution in [0.2, 0.25) is 0 Å². The standard InChI is InChI=1S/C16H13N3/c1-11(15-4-3-7-18-12(15)2)13-5-6-16-14(8-13)9-17-10-19-16/h3-10H,1H2,2H3. The van der Waals surface area contributed by atoms with Gasteiger partial charge in [0.05, 0.1) is 5.52 Å². The number of aromatic nitrogens is 3. The van der Waals surface area contributed by atoms with Gasteiger partial charge in [-0.25, -0.2) is 9.97 Å². The molecule has 0 unspecified atom stereocenters. The average Bonchev–Trinajstić information content (AvgIpc) is 2.46. The number of aryl methyl sites for hydroxylation is 1. The van der Waals surface area contributed by atoms with Gasteiger partial charge in [-0.2, -0.15) is 0 Å². The molecule has 3 nitrogen and oxygen atoms in total. The first-order valence-corrected chi connectivity index (χ1v) is 6.07. The van der Waals surface area contributed by atoms with Crippen LogP contribution < -0.4 is 0 Å². The second-order valence-corrected chi connectivity index (χ2v) is 4.41. The van der Waals surface area contributed by atoms with E-state index in [-0.39, 0.29) is 0 Å². The Morgan fingerprint density at radius 2 is 2.05 bits per heavy atom. The van der Waals surface area contributed by atoms with Crippen molar-refractivity contribution in [3.63, 3.8) is 0 Å². The Kier molecular flexibility index (Phi) is 2.80. The van der Waals surface area contributed by atoms with E-state index >= 15 is 0 Å². The maximum Gasteiger partial charge on any atom is 0.116 e. The zero-order valence-electron chi connectivity index (χ0n) is 10.7. The highest BCUT2D eigenvalue weighted by atomic mass is 14.8. The topological polar surface area (TPSA) is 38.7 Å². The summed E-state index contributed by atoms with van der Waals surface area (Å²) in [6, 6.07) is 10.0. The first-order valence-electron chi connectivity index (χ1n) is 6.07. The summed E-state index contributed by atoms with van der Waals surface area (Å²) in [7, 11) is 0. The third-order valence-electron chi connectivity index (χ3n) is 3.19. The van der Waals surface area contributed by atoms with E-state index in [0.29, 0.717) is 0 Å². The molecule has 0 saturated heterocycles. The largest absolute Gasteiger partial charge is 0.261 e. The number of benzene rings is 1. The van der Waals surface area contributed by atoms with E-state index in [1.165, 1.54) is 0 Å². The van der Waals surface area contributed by atoms with Gasteiger partial charge < -0.3 is 0 Å². The van der Waals surface area contributed by atoms with Gasteiger partial charge in [-0.3, -0.25) is 4.98 Å². The third kappa shape index (κ3) is 2.10. The normalized spacial score (nSPS) is 10.6. The molecule has 2 heterocycles. The van der Waals surface area contributed by atoms with E-state index in [1.54, 1.807) is 12.5 Å². The Balaban J connectivity index is 2.09. The second kappa shape index (κ2) is 4.61. The molecule has 19 heavy (non-hydrogen) atoms. The van der Waals surface area contributed by atoms with Crippen molar-refractivity contribution in [1.29, 1.82) is 0 Å². The second-order valence-electron chi connectivity index (χ2n) is 4.41. The Morgan fingerprint density at radius 1 is 1.16 bits per heavy atom. The highest BCUT2D eigenvalue weighted by Crippen LogP contribution is 2.25. The number of nitrogens with zero attached hydrogens (tertiary/aromatic N) is 3. The number of hydrogen-bond donors (Lipinski definition) is 0. The minimum Gasteiger partial charge on any atom is -0.261 e. The monoisotopic (exact) mass is 247 g/mol. The molecule has 0 N–H and O–H groups in total. The van der Waals surface area contributed by atoms with Gasteiger partial charge in [0, 0.05) is 29.0 Å². The molecular formula is C16H13N3. The van der Waals surface area contributed by atoms with Crippen LogP contribution in [0.4, 0.5) is 0 Å². The quantitative estimate of drug-likeness (QED) is 0.696. The first-order chi connectivity index (χ1) is 9.25. The summed E-state index contributed by atoms with van der Waals surface area (Å²) in [6.45, 7) is 6.17. The van der Waals surface area contributed by atoms with Crippen LogP contribution in [0.3, 0.4) is 0 Å². The van der Waals surface area contributed by atoms with Crippen LogP contribution in [0.5, 0.6) is 0 Å². The molecule has 0 radical (unpaired) electrons. The van der Waals surface area contributed by atoms with E-state index in [4.69, 9.17) is 0 Å². The smallest absolute Gasteiger partial charge is 0.116 e. The maximum atomic E-state index is 4.30. The van der Waals surface area contributed by atoms with Gasteiger partial charge >= 0.3 is 0 Å². The van der Waals surface area contributed by atoms with Crippen molar-refractivity contribution in [1.82, 2.24) is 15.0 Å². The van der Waals surface area contributed by atoms with Crippen molar-refractivity contribution in [3.8, 4) is 0 Å². The summed E-state index contributed by atoms with van der Waals surface area (Å²) in [5.74, 6) is 0. The molecule has 0 aliphatic heterocycles. The lowest BCUT2D eigenvalue weighted by molar-refractivity contribution is 1.18. The van der Waals surface area contributed by atoms with Gasteiger partial charge in [0.15, 0.2) is 0 Å². The molecule has 0 fully saturated rings. The lowest BCUT2D eigenvalue weighted by Crippen LogP contribution is -1.93. The van der Waals surface area contributed by atoms with Crippen LogP contribution in [0.15, 0.2) is 55.6 Å². The summed E-state index contributed by atoms with van der Waals surface area (Å²) in [5, 5.41) is 1.02. The van der Waals surface area contributed by atoms with Gasteiger partial charge in [-0.05, 0) is 36.3 Å². The molecule has 0 aliphatic carbocycles. The maximum absolute atomic E-state index is 4.30. The molecule has 0 amide bonds. The van der Waals surface area contributed by atoms with E-state index in [9.17, 15) is 0 Å². The number of rotatable bonds is 2. The molecule has 3 aromatic rings. The molecule has 0 atom stereocenters. The number of hydrogen-bond acceptors (Lipinski definition) is 3. The van der Waals surface area contributed by atoms with E-state index in [0.717, 1.165) is 33.3 Å². The molecular weight excluding hydrogens is 234 g/mol. The van der Waals surface area contributed by atoms with E-state index < -0.39 is 0 Å². The fourth-order valence-electron chi connectivity index (χ4n) is 2.13. The highest BCUT2D eigenvalue weighted by molar-refractivity contribution is 5.86. The number of fused-ring (bicyclic) bond motifs is 1. The van der Waals surface area contributed by atoms with Crippen molar-refractivity contribution in [2.45, 2.75) is 6.92 Å². The molecule has 3 rings (SSSR count). The van der Waals surface area contributed by atoms with Crippen LogP contribution >= 0.6 is 0 Å². The van der Waals surface area contributed by atoms with Crippen molar-refractivity contribution in [3.05, 3.63) is 72.5 Å². The summed E-state index contributed by atoms with van der Waals surface area (Å²) in [6.07, 6.45) is 5.16. The van der Waals surface area contributed by atoms with Crippen LogP contribution in [0.1, 0.15) is 16.8 Å². The van der Waals surface area contributed by atoms with Crippen molar-refractivity contribution in [2.75, 3.05) is 0 Å². The summed E-state index contributed by atoms with van der Waals surface area (Å²) in [5.41, 5.74) is 5.03. The lowest BCUT2D eigenvalue weighted by atomic mass is 9.97. The zero-order valence-corrected chi connectivity index (χ0v) is 10.7. The molecule has 0 aliphatic rings. The molecule has 3 heteroatoms. The Hall–Kier alpha value is -2.55. The Morgan fingerprint density at radius 3 is 2.89 bits per heavy atom. The minimum absolute atomic E-state index is 0.939. The predicted octanol–water partition coefficient (Wildman–Crippen LogP) is 3.39. The lowest BCUT2D eigenvalue weighted by Gasteiger charge is -2.09. The fourth-order valence-corrected chi connectivity index (χ4v) is 2.13. The summed E-state index contributed by atoms with van der Waals surface area (Å²) in [4.78, 5) is 12.6. The molecule has 92 valence electrons. The third-order valence-corrected chi connectivity index (χ3v) is 3.19. The molecule has 1 aromatic carbocycles. The highest BCUT2D eigenvalue weighted by Gasteiger charge is 2.06.